The third-order valence-corrected chi connectivity index (χ3v) is 2.93. The number of Topliss-reactive ketones (excluding diaryl/α,β-unsaturated/α-hetero) is 2. The minimum Gasteiger partial charge on any atom is -0.492 e. The Morgan fingerprint density at radius 2 is 1.44 bits per heavy atom. The molecule has 0 aliphatic heterocycles. The van der Waals surface area contributed by atoms with Gasteiger partial charge in [-0.05, 0) is 11.8 Å². The van der Waals surface area contributed by atoms with Crippen molar-refractivity contribution in [3.63, 3.8) is 0 Å². The second-order valence-corrected chi connectivity index (χ2v) is 5.18. The van der Waals surface area contributed by atoms with E-state index < -0.39 is 5.41 Å². The van der Waals surface area contributed by atoms with Gasteiger partial charge in [0.25, 0.3) is 0 Å². The van der Waals surface area contributed by atoms with Gasteiger partial charge in [0.05, 0.1) is 19.8 Å². The van der Waals surface area contributed by atoms with Crippen molar-refractivity contribution >= 4 is 11.6 Å². The average Bonchev–Trinajstić information content (AvgIpc) is 2.28. The van der Waals surface area contributed by atoms with Gasteiger partial charge in [0.15, 0.2) is 11.5 Å². The molecule has 0 fully saturated rings. The Balaban J connectivity index is 3.51. The van der Waals surface area contributed by atoms with Gasteiger partial charge in [-0.1, -0.05) is 27.7 Å². The monoisotopic (exact) mass is 252 g/mol. The van der Waals surface area contributed by atoms with Gasteiger partial charge in [0, 0.05) is 5.57 Å². The van der Waals surface area contributed by atoms with Crippen LogP contribution in [0.25, 0.3) is 0 Å². The normalized spacial score (nSPS) is 17.4. The summed E-state index contributed by atoms with van der Waals surface area (Å²) < 4.78 is 10.3. The second kappa shape index (κ2) is 4.96. The summed E-state index contributed by atoms with van der Waals surface area (Å²) in [6.07, 6.45) is 0.442. The van der Waals surface area contributed by atoms with E-state index in [-0.39, 0.29) is 23.1 Å². The average molecular weight is 252 g/mol. The molecule has 0 atom stereocenters. The first kappa shape index (κ1) is 14.5. The number of ether oxygens (including phenoxy) is 2. The Kier molecular flexibility index (Phi) is 3.99. The molecule has 0 aromatic rings. The van der Waals surface area contributed by atoms with Gasteiger partial charge < -0.3 is 9.47 Å². The third kappa shape index (κ3) is 2.19. The van der Waals surface area contributed by atoms with E-state index in [1.807, 2.05) is 27.7 Å². The lowest BCUT2D eigenvalue weighted by molar-refractivity contribution is -0.121. The van der Waals surface area contributed by atoms with Crippen molar-refractivity contribution in [2.24, 2.45) is 5.41 Å². The molecule has 0 spiro atoms. The van der Waals surface area contributed by atoms with E-state index in [9.17, 15) is 9.59 Å². The third-order valence-electron chi connectivity index (χ3n) is 2.93. The summed E-state index contributed by atoms with van der Waals surface area (Å²) in [5.74, 6) is -0.210. The van der Waals surface area contributed by atoms with Crippen LogP contribution < -0.4 is 0 Å². The molecule has 0 radical (unpaired) electrons. The summed E-state index contributed by atoms with van der Waals surface area (Å²) in [6, 6.07) is 0. The molecule has 0 amide bonds. The summed E-state index contributed by atoms with van der Waals surface area (Å²) >= 11 is 0. The number of methoxy groups -OCH3 is 2. The van der Waals surface area contributed by atoms with Gasteiger partial charge in [-0.2, -0.15) is 0 Å². The SMILES string of the molecule is CCC1=C(OC)C(=O)C(C(C)(C)C)=C(OC)C1=O. The molecular weight excluding hydrogens is 232 g/mol. The molecule has 18 heavy (non-hydrogen) atoms. The van der Waals surface area contributed by atoms with E-state index in [1.54, 1.807) is 0 Å². The number of carbonyl (C=O) groups is 2. The highest BCUT2D eigenvalue weighted by molar-refractivity contribution is 6.24. The lowest BCUT2D eigenvalue weighted by atomic mass is 9.77. The molecule has 4 nitrogen and oxygen atoms in total. The van der Waals surface area contributed by atoms with Gasteiger partial charge in [-0.15, -0.1) is 0 Å². The van der Waals surface area contributed by atoms with Gasteiger partial charge in [-0.25, -0.2) is 0 Å². The Labute approximate surface area is 108 Å². The maximum absolute atomic E-state index is 12.4. The Bertz CT molecular complexity index is 447. The van der Waals surface area contributed by atoms with Crippen molar-refractivity contribution in [1.29, 1.82) is 0 Å². The molecular formula is C14H20O4. The van der Waals surface area contributed by atoms with Crippen LogP contribution in [0.5, 0.6) is 0 Å². The highest BCUT2D eigenvalue weighted by atomic mass is 16.5. The number of rotatable bonds is 3. The first-order valence-corrected chi connectivity index (χ1v) is 5.94. The van der Waals surface area contributed by atoms with Gasteiger partial charge in [-0.3, -0.25) is 9.59 Å². The molecule has 100 valence electrons. The zero-order valence-corrected chi connectivity index (χ0v) is 11.8. The zero-order valence-electron chi connectivity index (χ0n) is 11.8. The molecule has 0 saturated heterocycles. The number of hydrogen-bond donors (Lipinski definition) is 0. The van der Waals surface area contributed by atoms with E-state index in [0.717, 1.165) is 0 Å². The fourth-order valence-corrected chi connectivity index (χ4v) is 2.12. The van der Waals surface area contributed by atoms with Crippen molar-refractivity contribution in [3.05, 3.63) is 22.7 Å². The number of allylic oxidation sites excluding steroid dienone is 2. The number of ketones is 2. The number of hydrogen-bond acceptors (Lipinski definition) is 4. The number of carbonyl (C=O) groups excluding carboxylic acids is 2. The Morgan fingerprint density at radius 1 is 0.944 bits per heavy atom. The smallest absolute Gasteiger partial charge is 0.228 e. The van der Waals surface area contributed by atoms with Gasteiger partial charge >= 0.3 is 0 Å². The maximum Gasteiger partial charge on any atom is 0.228 e. The molecule has 1 aliphatic rings. The van der Waals surface area contributed by atoms with Crippen LogP contribution in [-0.4, -0.2) is 25.8 Å². The second-order valence-electron chi connectivity index (χ2n) is 5.18. The summed E-state index contributed by atoms with van der Waals surface area (Å²) in [5, 5.41) is 0. The Morgan fingerprint density at radius 3 is 1.78 bits per heavy atom. The predicted octanol–water partition coefficient (Wildman–Crippen LogP) is 2.40. The van der Waals surface area contributed by atoms with E-state index >= 15 is 0 Å². The molecule has 0 aromatic carbocycles. The lowest BCUT2D eigenvalue weighted by Crippen LogP contribution is -2.31. The van der Waals surface area contributed by atoms with E-state index in [0.29, 0.717) is 17.6 Å². The Hall–Kier alpha value is -1.58. The van der Waals surface area contributed by atoms with Crippen molar-refractivity contribution in [3.8, 4) is 0 Å². The topological polar surface area (TPSA) is 52.6 Å². The fourth-order valence-electron chi connectivity index (χ4n) is 2.12. The molecule has 0 heterocycles. The summed E-state index contributed by atoms with van der Waals surface area (Å²) in [7, 11) is 2.82. The minimum atomic E-state index is -0.471. The molecule has 1 rings (SSSR count). The molecule has 0 N–H and O–H groups in total. The summed E-state index contributed by atoms with van der Waals surface area (Å²) in [4.78, 5) is 24.7. The van der Waals surface area contributed by atoms with Crippen LogP contribution in [0.1, 0.15) is 34.1 Å². The van der Waals surface area contributed by atoms with Crippen molar-refractivity contribution in [1.82, 2.24) is 0 Å². The molecule has 0 bridgehead atoms. The van der Waals surface area contributed by atoms with E-state index in [2.05, 4.69) is 0 Å². The largest absolute Gasteiger partial charge is 0.492 e. The fraction of sp³-hybridized carbons (Fsp3) is 0.571. The van der Waals surface area contributed by atoms with Crippen LogP contribution in [0.3, 0.4) is 0 Å². The lowest BCUT2D eigenvalue weighted by Gasteiger charge is -2.28. The quantitative estimate of drug-likeness (QED) is 0.724. The van der Waals surface area contributed by atoms with Gasteiger partial charge in [0.2, 0.25) is 11.6 Å². The molecule has 1 aliphatic carbocycles. The zero-order chi connectivity index (χ0) is 14.1. The maximum atomic E-state index is 12.4. The van der Waals surface area contributed by atoms with Gasteiger partial charge in [0.1, 0.15) is 0 Å². The van der Waals surface area contributed by atoms with E-state index in [1.165, 1.54) is 14.2 Å². The van der Waals surface area contributed by atoms with Crippen molar-refractivity contribution < 1.29 is 19.1 Å². The highest BCUT2D eigenvalue weighted by Gasteiger charge is 2.40. The first-order chi connectivity index (χ1) is 8.29. The van der Waals surface area contributed by atoms with Crippen molar-refractivity contribution in [2.75, 3.05) is 14.2 Å². The molecule has 0 aromatic heterocycles. The minimum absolute atomic E-state index is 0.144. The first-order valence-electron chi connectivity index (χ1n) is 5.94. The molecule has 4 heteroatoms. The predicted molar refractivity (Wildman–Crippen MR) is 67.8 cm³/mol. The summed E-state index contributed by atoms with van der Waals surface area (Å²) in [5.41, 5.74) is 0.289. The van der Waals surface area contributed by atoms with E-state index in [4.69, 9.17) is 9.47 Å². The van der Waals surface area contributed by atoms with Crippen molar-refractivity contribution in [2.45, 2.75) is 34.1 Å². The summed E-state index contributed by atoms with van der Waals surface area (Å²) in [6.45, 7) is 7.43. The molecule has 0 saturated carbocycles. The van der Waals surface area contributed by atoms with Crippen LogP contribution in [0.4, 0.5) is 0 Å². The van der Waals surface area contributed by atoms with Crippen LogP contribution in [0, 0.1) is 5.41 Å². The standard InChI is InChI=1S/C14H20O4/c1-7-8-10(15)13(18-6)9(14(2,3)4)11(16)12(8)17-5/h7H2,1-6H3. The van der Waals surface area contributed by atoms with Crippen LogP contribution in [0.15, 0.2) is 22.7 Å². The van der Waals surface area contributed by atoms with Crippen LogP contribution in [0.2, 0.25) is 0 Å². The van der Waals surface area contributed by atoms with Crippen LogP contribution >= 0.6 is 0 Å². The molecule has 0 unspecified atom stereocenters. The highest BCUT2D eigenvalue weighted by Crippen LogP contribution is 2.37. The van der Waals surface area contributed by atoms with Crippen LogP contribution in [-0.2, 0) is 19.1 Å².